The van der Waals surface area contributed by atoms with Crippen molar-refractivity contribution in [1.29, 1.82) is 0 Å². The molecule has 138 valence electrons. The lowest BCUT2D eigenvalue weighted by Crippen LogP contribution is -2.08. The summed E-state index contributed by atoms with van der Waals surface area (Å²) < 4.78 is 7.40. The maximum Gasteiger partial charge on any atom is 0.358 e. The third-order valence-corrected chi connectivity index (χ3v) is 4.31. The number of benzene rings is 1. The van der Waals surface area contributed by atoms with Gasteiger partial charge in [0.2, 0.25) is 0 Å². The molecule has 1 fully saturated rings. The molecule has 2 N–H and O–H groups in total. The monoisotopic (exact) mass is 386 g/mol. The van der Waals surface area contributed by atoms with Crippen molar-refractivity contribution in [3.05, 3.63) is 41.4 Å². The molecule has 0 atom stereocenters. The van der Waals surface area contributed by atoms with Crippen LogP contribution < -0.4 is 10.1 Å². The number of carboxylic acids is 1. The van der Waals surface area contributed by atoms with Crippen LogP contribution in [0.25, 0.3) is 11.4 Å². The average Bonchev–Trinajstić information content (AvgIpc) is 3.38. The second-order valence-corrected chi connectivity index (χ2v) is 6.41. The molecular formula is C17H15ClN6O3. The highest BCUT2D eigenvalue weighted by atomic mass is 35.5. The molecule has 0 aliphatic heterocycles. The summed E-state index contributed by atoms with van der Waals surface area (Å²) in [5.41, 5.74) is 1.17. The van der Waals surface area contributed by atoms with Crippen molar-refractivity contribution >= 4 is 28.9 Å². The first-order valence-electron chi connectivity index (χ1n) is 8.19. The van der Waals surface area contributed by atoms with Crippen LogP contribution in [-0.2, 0) is 0 Å². The highest BCUT2D eigenvalue weighted by molar-refractivity contribution is 6.29. The topological polar surface area (TPSA) is 115 Å². The zero-order valence-corrected chi connectivity index (χ0v) is 15.0. The molecule has 0 amide bonds. The molecule has 0 saturated heterocycles. The van der Waals surface area contributed by atoms with Crippen molar-refractivity contribution in [2.24, 2.45) is 0 Å². The van der Waals surface area contributed by atoms with Crippen LogP contribution in [0.2, 0.25) is 5.15 Å². The van der Waals surface area contributed by atoms with E-state index in [9.17, 15) is 9.90 Å². The molecule has 1 aromatic carbocycles. The molecule has 10 heteroatoms. The zero-order chi connectivity index (χ0) is 19.0. The van der Waals surface area contributed by atoms with Crippen LogP contribution in [-0.4, -0.2) is 43.1 Å². The van der Waals surface area contributed by atoms with E-state index in [1.54, 1.807) is 18.5 Å². The fourth-order valence-electron chi connectivity index (χ4n) is 2.71. The lowest BCUT2D eigenvalue weighted by Gasteiger charge is -2.14. The van der Waals surface area contributed by atoms with Crippen molar-refractivity contribution in [3.8, 4) is 17.1 Å². The highest BCUT2D eigenvalue weighted by Gasteiger charge is 2.26. The normalized spacial score (nSPS) is 13.4. The Morgan fingerprint density at radius 3 is 2.85 bits per heavy atom. The van der Waals surface area contributed by atoms with Crippen LogP contribution in [0.5, 0.6) is 5.75 Å². The van der Waals surface area contributed by atoms with Gasteiger partial charge in [-0.15, -0.1) is 10.2 Å². The molecule has 0 bridgehead atoms. The molecule has 0 unspecified atom stereocenters. The number of para-hydroxylation sites is 1. The van der Waals surface area contributed by atoms with Crippen LogP contribution in [0.4, 0.5) is 11.4 Å². The predicted octanol–water partition coefficient (Wildman–Crippen LogP) is 3.17. The van der Waals surface area contributed by atoms with Gasteiger partial charge in [0.15, 0.2) is 22.4 Å². The Bertz CT molecular complexity index is 1020. The summed E-state index contributed by atoms with van der Waals surface area (Å²) in [7, 11) is 1.53. The fraction of sp³-hybridized carbons (Fsp3) is 0.235. The fourth-order valence-corrected chi connectivity index (χ4v) is 2.86. The van der Waals surface area contributed by atoms with Crippen molar-refractivity contribution < 1.29 is 14.6 Å². The Kier molecular flexibility index (Phi) is 4.36. The van der Waals surface area contributed by atoms with Gasteiger partial charge in [-0.25, -0.2) is 14.5 Å². The molecule has 0 spiro atoms. The Hall–Kier alpha value is -3.20. The Balaban J connectivity index is 1.73. The number of ether oxygens (including phenoxy) is 1. The van der Waals surface area contributed by atoms with E-state index >= 15 is 0 Å². The van der Waals surface area contributed by atoms with Crippen LogP contribution in [0.3, 0.4) is 0 Å². The number of anilines is 2. The number of aromatic carboxylic acids is 1. The average molecular weight is 387 g/mol. The third kappa shape index (κ3) is 3.41. The first-order chi connectivity index (χ1) is 13.1. The van der Waals surface area contributed by atoms with Crippen molar-refractivity contribution in [1.82, 2.24) is 25.0 Å². The van der Waals surface area contributed by atoms with E-state index in [4.69, 9.17) is 16.3 Å². The Morgan fingerprint density at radius 1 is 1.33 bits per heavy atom. The second kappa shape index (κ2) is 6.84. The van der Waals surface area contributed by atoms with Gasteiger partial charge in [0.05, 0.1) is 30.1 Å². The summed E-state index contributed by atoms with van der Waals surface area (Å²) in [4.78, 5) is 15.8. The van der Waals surface area contributed by atoms with E-state index < -0.39 is 5.97 Å². The van der Waals surface area contributed by atoms with Gasteiger partial charge in [0, 0.05) is 6.07 Å². The largest absolute Gasteiger partial charge is 0.494 e. The zero-order valence-electron chi connectivity index (χ0n) is 14.3. The summed E-state index contributed by atoms with van der Waals surface area (Å²) >= 11 is 5.87. The summed E-state index contributed by atoms with van der Waals surface area (Å²) in [6.45, 7) is 0. The maximum absolute atomic E-state index is 11.4. The molecule has 1 aliphatic carbocycles. The van der Waals surface area contributed by atoms with Crippen molar-refractivity contribution in [2.45, 2.75) is 18.9 Å². The molecule has 1 aliphatic rings. The smallest absolute Gasteiger partial charge is 0.358 e. The van der Waals surface area contributed by atoms with Gasteiger partial charge in [-0.2, -0.15) is 5.10 Å². The molecule has 1 saturated carbocycles. The van der Waals surface area contributed by atoms with Crippen LogP contribution in [0, 0.1) is 0 Å². The van der Waals surface area contributed by atoms with Crippen LogP contribution in [0.15, 0.2) is 30.6 Å². The Labute approximate surface area is 159 Å². The summed E-state index contributed by atoms with van der Waals surface area (Å²) in [6.07, 6.45) is 3.92. The number of halogens is 1. The van der Waals surface area contributed by atoms with E-state index in [0.29, 0.717) is 28.9 Å². The number of rotatable bonds is 6. The SMILES string of the molecule is COc1c(Nc2cc(Cl)nnc2C(=O)O)cccc1-c1ncn(C2CC2)n1. The van der Waals surface area contributed by atoms with Crippen molar-refractivity contribution in [2.75, 3.05) is 12.4 Å². The highest BCUT2D eigenvalue weighted by Crippen LogP contribution is 2.38. The van der Waals surface area contributed by atoms with Gasteiger partial charge in [0.25, 0.3) is 0 Å². The summed E-state index contributed by atoms with van der Waals surface area (Å²) in [5.74, 6) is -0.205. The van der Waals surface area contributed by atoms with Crippen LogP contribution >= 0.6 is 11.6 Å². The number of nitrogens with one attached hydrogen (secondary N) is 1. The molecule has 4 rings (SSSR count). The van der Waals surface area contributed by atoms with Gasteiger partial charge in [-0.05, 0) is 25.0 Å². The number of nitrogens with zero attached hydrogens (tertiary/aromatic N) is 5. The predicted molar refractivity (Wildman–Crippen MR) is 97.6 cm³/mol. The third-order valence-electron chi connectivity index (χ3n) is 4.13. The van der Waals surface area contributed by atoms with E-state index in [2.05, 4.69) is 25.6 Å². The van der Waals surface area contributed by atoms with Gasteiger partial charge in [-0.3, -0.25) is 0 Å². The van der Waals surface area contributed by atoms with Gasteiger partial charge in [-0.1, -0.05) is 17.7 Å². The van der Waals surface area contributed by atoms with Crippen molar-refractivity contribution in [3.63, 3.8) is 0 Å². The minimum absolute atomic E-state index is 0.0717. The summed E-state index contributed by atoms with van der Waals surface area (Å²) in [6, 6.07) is 7.20. The number of carboxylic acid groups (broad SMARTS) is 1. The van der Waals surface area contributed by atoms with E-state index in [1.807, 2.05) is 10.7 Å². The number of aromatic nitrogens is 5. The second-order valence-electron chi connectivity index (χ2n) is 6.03. The summed E-state index contributed by atoms with van der Waals surface area (Å²) in [5, 5.41) is 24.1. The van der Waals surface area contributed by atoms with Crippen LogP contribution in [0.1, 0.15) is 29.4 Å². The van der Waals surface area contributed by atoms with Gasteiger partial charge in [0.1, 0.15) is 6.33 Å². The van der Waals surface area contributed by atoms with E-state index in [1.165, 1.54) is 13.2 Å². The first kappa shape index (κ1) is 17.2. The standard InChI is InChI=1S/C17H15ClN6O3/c1-27-15-10(16-19-8-24(23-16)9-5-6-9)3-2-4-11(15)20-12-7-13(18)21-22-14(12)17(25)26/h2-4,7-9H,5-6H2,1H3,(H,20,21)(H,25,26). The minimum Gasteiger partial charge on any atom is -0.494 e. The number of hydrogen-bond donors (Lipinski definition) is 2. The molecule has 0 radical (unpaired) electrons. The first-order valence-corrected chi connectivity index (χ1v) is 8.56. The van der Waals surface area contributed by atoms with E-state index in [-0.39, 0.29) is 16.5 Å². The molecule has 2 aromatic heterocycles. The molecule has 2 heterocycles. The quantitative estimate of drug-likeness (QED) is 0.663. The maximum atomic E-state index is 11.4. The lowest BCUT2D eigenvalue weighted by molar-refractivity contribution is 0.0690. The molecule has 27 heavy (non-hydrogen) atoms. The van der Waals surface area contributed by atoms with Gasteiger partial charge < -0.3 is 15.2 Å². The minimum atomic E-state index is -1.22. The van der Waals surface area contributed by atoms with Gasteiger partial charge >= 0.3 is 5.97 Å². The number of hydrogen-bond acceptors (Lipinski definition) is 7. The lowest BCUT2D eigenvalue weighted by atomic mass is 10.1. The molecular weight excluding hydrogens is 372 g/mol. The van der Waals surface area contributed by atoms with E-state index in [0.717, 1.165) is 12.8 Å². The molecule has 3 aromatic rings. The number of carbonyl (C=O) groups is 1. The Morgan fingerprint density at radius 2 is 2.15 bits per heavy atom. The molecule has 9 nitrogen and oxygen atoms in total. The number of methoxy groups -OCH3 is 1.